The van der Waals surface area contributed by atoms with Gasteiger partial charge in [0, 0.05) is 18.8 Å². The third-order valence-electron chi connectivity index (χ3n) is 3.41. The van der Waals surface area contributed by atoms with Gasteiger partial charge in [0.05, 0.1) is 12.7 Å². The predicted octanol–water partition coefficient (Wildman–Crippen LogP) is 2.79. The summed E-state index contributed by atoms with van der Waals surface area (Å²) in [6.45, 7) is 5.75. The molecule has 1 aromatic heterocycles. The van der Waals surface area contributed by atoms with Crippen LogP contribution in [0.3, 0.4) is 0 Å². The Balaban J connectivity index is 2.33. The van der Waals surface area contributed by atoms with E-state index in [1.54, 1.807) is 7.11 Å². The molecule has 2 rings (SSSR count). The van der Waals surface area contributed by atoms with Gasteiger partial charge in [-0.1, -0.05) is 25.1 Å². The molecule has 0 unspecified atom stereocenters. The third-order valence-corrected chi connectivity index (χ3v) is 3.41. The van der Waals surface area contributed by atoms with Gasteiger partial charge in [-0.25, -0.2) is 9.97 Å². The van der Waals surface area contributed by atoms with Gasteiger partial charge in [0.1, 0.15) is 12.1 Å². The quantitative estimate of drug-likeness (QED) is 0.827. The molecule has 0 bridgehead atoms. The smallest absolute Gasteiger partial charge is 0.221 e. The number of benzene rings is 1. The lowest BCUT2D eigenvalue weighted by Crippen LogP contribution is -2.26. The van der Waals surface area contributed by atoms with Crippen LogP contribution >= 0.6 is 0 Å². The first-order valence-electron chi connectivity index (χ1n) is 7.11. The first kappa shape index (κ1) is 15.1. The molecular formula is C16H22N4O. The molecule has 0 aliphatic carbocycles. The fourth-order valence-electron chi connectivity index (χ4n) is 2.36. The van der Waals surface area contributed by atoms with E-state index in [0.717, 1.165) is 42.1 Å². The fraction of sp³-hybridized carbons (Fsp3) is 0.375. The Labute approximate surface area is 125 Å². The second kappa shape index (κ2) is 6.92. The highest BCUT2D eigenvalue weighted by atomic mass is 16.5. The minimum atomic E-state index is 0.613. The van der Waals surface area contributed by atoms with Gasteiger partial charge in [0.25, 0.3) is 0 Å². The number of nitrogens with zero attached hydrogens (tertiary/aromatic N) is 3. The number of nitrogens with two attached hydrogens (primary N) is 1. The summed E-state index contributed by atoms with van der Waals surface area (Å²) >= 11 is 0. The molecule has 0 saturated carbocycles. The average molecular weight is 286 g/mol. The van der Waals surface area contributed by atoms with E-state index >= 15 is 0 Å². The van der Waals surface area contributed by atoms with Crippen molar-refractivity contribution in [3.05, 3.63) is 41.7 Å². The van der Waals surface area contributed by atoms with E-state index in [-0.39, 0.29) is 0 Å². The molecule has 0 atom stereocenters. The summed E-state index contributed by atoms with van der Waals surface area (Å²) < 4.78 is 5.29. The molecular weight excluding hydrogens is 264 g/mol. The average Bonchev–Trinajstić information content (AvgIpc) is 2.49. The van der Waals surface area contributed by atoms with Gasteiger partial charge in [-0.05, 0) is 25.0 Å². The summed E-state index contributed by atoms with van der Waals surface area (Å²) in [6, 6.07) is 7.92. The van der Waals surface area contributed by atoms with Crippen LogP contribution in [0.5, 0.6) is 5.88 Å². The Morgan fingerprint density at radius 1 is 1.24 bits per heavy atom. The highest BCUT2D eigenvalue weighted by Crippen LogP contribution is 2.26. The van der Waals surface area contributed by atoms with Crippen molar-refractivity contribution < 1.29 is 4.74 Å². The second-order valence-electron chi connectivity index (χ2n) is 4.95. The second-order valence-corrected chi connectivity index (χ2v) is 4.95. The minimum Gasteiger partial charge on any atom is -0.481 e. The molecule has 5 nitrogen and oxygen atoms in total. The summed E-state index contributed by atoms with van der Waals surface area (Å²) in [4.78, 5) is 10.8. The van der Waals surface area contributed by atoms with Gasteiger partial charge in [0.15, 0.2) is 0 Å². The van der Waals surface area contributed by atoms with E-state index in [0.29, 0.717) is 5.88 Å². The zero-order chi connectivity index (χ0) is 15.2. The van der Waals surface area contributed by atoms with Crippen LogP contribution in [0.1, 0.15) is 24.5 Å². The third kappa shape index (κ3) is 3.42. The minimum absolute atomic E-state index is 0.613. The molecule has 0 aliphatic heterocycles. The number of ether oxygens (including phenoxy) is 1. The van der Waals surface area contributed by atoms with Crippen LogP contribution in [0.2, 0.25) is 0 Å². The topological polar surface area (TPSA) is 64.3 Å². The summed E-state index contributed by atoms with van der Waals surface area (Å²) in [5.41, 5.74) is 8.90. The SMILES string of the molecule is CCCN(Cc1ccccc1N)c1ncnc(OC)c1C. The maximum atomic E-state index is 6.05. The van der Waals surface area contributed by atoms with Crippen molar-refractivity contribution >= 4 is 11.5 Å². The Morgan fingerprint density at radius 3 is 2.67 bits per heavy atom. The molecule has 0 spiro atoms. The highest BCUT2D eigenvalue weighted by molar-refractivity contribution is 5.53. The maximum Gasteiger partial charge on any atom is 0.221 e. The number of hydrogen-bond acceptors (Lipinski definition) is 5. The standard InChI is InChI=1S/C16H22N4O/c1-4-9-20(10-13-7-5-6-8-14(13)17)15-12(2)16(21-3)19-11-18-15/h5-8,11H,4,9-10,17H2,1-3H3. The Morgan fingerprint density at radius 2 is 2.00 bits per heavy atom. The monoisotopic (exact) mass is 286 g/mol. The van der Waals surface area contributed by atoms with Gasteiger partial charge in [-0.3, -0.25) is 0 Å². The zero-order valence-corrected chi connectivity index (χ0v) is 12.8. The van der Waals surface area contributed by atoms with E-state index in [1.807, 2.05) is 31.2 Å². The number of anilines is 2. The Hall–Kier alpha value is -2.30. The number of methoxy groups -OCH3 is 1. The summed E-state index contributed by atoms with van der Waals surface area (Å²) in [7, 11) is 1.62. The zero-order valence-electron chi connectivity index (χ0n) is 12.8. The van der Waals surface area contributed by atoms with Crippen LogP contribution in [-0.2, 0) is 6.54 Å². The predicted molar refractivity (Wildman–Crippen MR) is 85.5 cm³/mol. The molecule has 2 aromatic rings. The largest absolute Gasteiger partial charge is 0.481 e. The lowest BCUT2D eigenvalue weighted by Gasteiger charge is -2.25. The van der Waals surface area contributed by atoms with Crippen molar-refractivity contribution in [2.24, 2.45) is 0 Å². The number of rotatable bonds is 6. The van der Waals surface area contributed by atoms with Crippen molar-refractivity contribution in [3.8, 4) is 5.88 Å². The number of para-hydroxylation sites is 1. The van der Waals surface area contributed by atoms with Crippen molar-refractivity contribution in [3.63, 3.8) is 0 Å². The Bertz CT molecular complexity index is 601. The van der Waals surface area contributed by atoms with E-state index < -0.39 is 0 Å². The van der Waals surface area contributed by atoms with Crippen LogP contribution in [0.4, 0.5) is 11.5 Å². The molecule has 5 heteroatoms. The molecule has 0 saturated heterocycles. The van der Waals surface area contributed by atoms with Crippen molar-refractivity contribution in [1.82, 2.24) is 9.97 Å². The van der Waals surface area contributed by atoms with Crippen LogP contribution in [0.15, 0.2) is 30.6 Å². The van der Waals surface area contributed by atoms with E-state index in [4.69, 9.17) is 10.5 Å². The first-order chi connectivity index (χ1) is 10.2. The van der Waals surface area contributed by atoms with Crippen LogP contribution in [-0.4, -0.2) is 23.6 Å². The molecule has 0 amide bonds. The molecule has 1 heterocycles. The summed E-state index contributed by atoms with van der Waals surface area (Å²) in [5, 5.41) is 0. The van der Waals surface area contributed by atoms with Crippen molar-refractivity contribution in [2.45, 2.75) is 26.8 Å². The van der Waals surface area contributed by atoms with Gasteiger partial charge >= 0.3 is 0 Å². The van der Waals surface area contributed by atoms with Crippen LogP contribution in [0, 0.1) is 6.92 Å². The van der Waals surface area contributed by atoms with Gasteiger partial charge in [-0.15, -0.1) is 0 Å². The summed E-state index contributed by atoms with van der Waals surface area (Å²) in [6.07, 6.45) is 2.57. The van der Waals surface area contributed by atoms with Gasteiger partial charge in [0.2, 0.25) is 5.88 Å². The lowest BCUT2D eigenvalue weighted by atomic mass is 10.1. The van der Waals surface area contributed by atoms with Crippen LogP contribution in [0.25, 0.3) is 0 Å². The molecule has 2 N–H and O–H groups in total. The van der Waals surface area contributed by atoms with Crippen molar-refractivity contribution in [1.29, 1.82) is 0 Å². The lowest BCUT2D eigenvalue weighted by molar-refractivity contribution is 0.393. The fourth-order valence-corrected chi connectivity index (χ4v) is 2.36. The van der Waals surface area contributed by atoms with Gasteiger partial charge < -0.3 is 15.4 Å². The normalized spacial score (nSPS) is 10.4. The molecule has 0 fully saturated rings. The Kier molecular flexibility index (Phi) is 4.98. The van der Waals surface area contributed by atoms with Crippen LogP contribution < -0.4 is 15.4 Å². The molecule has 1 aromatic carbocycles. The van der Waals surface area contributed by atoms with E-state index in [1.165, 1.54) is 6.33 Å². The van der Waals surface area contributed by atoms with Crippen molar-refractivity contribution in [2.75, 3.05) is 24.3 Å². The van der Waals surface area contributed by atoms with E-state index in [9.17, 15) is 0 Å². The summed E-state index contributed by atoms with van der Waals surface area (Å²) in [5.74, 6) is 1.51. The molecule has 0 radical (unpaired) electrons. The number of hydrogen-bond donors (Lipinski definition) is 1. The first-order valence-corrected chi connectivity index (χ1v) is 7.11. The number of nitrogen functional groups attached to an aromatic ring is 1. The molecule has 0 aliphatic rings. The maximum absolute atomic E-state index is 6.05. The van der Waals surface area contributed by atoms with E-state index in [2.05, 4.69) is 21.8 Å². The molecule has 112 valence electrons. The molecule has 21 heavy (non-hydrogen) atoms. The van der Waals surface area contributed by atoms with Gasteiger partial charge in [-0.2, -0.15) is 0 Å². The number of aromatic nitrogens is 2. The highest BCUT2D eigenvalue weighted by Gasteiger charge is 2.15.